The van der Waals surface area contributed by atoms with Crippen molar-refractivity contribution in [1.82, 2.24) is 0 Å². The van der Waals surface area contributed by atoms with Gasteiger partial charge in [0.2, 0.25) is 0 Å². The van der Waals surface area contributed by atoms with Crippen LogP contribution in [0.3, 0.4) is 0 Å². The lowest BCUT2D eigenvalue weighted by molar-refractivity contribution is 0.856. The van der Waals surface area contributed by atoms with E-state index in [4.69, 9.17) is 0 Å². The molecule has 0 rings (SSSR count). The van der Waals surface area contributed by atoms with Gasteiger partial charge in [0, 0.05) is 0 Å². The monoisotopic (exact) mass is 156 g/mol. The first-order valence-corrected chi connectivity index (χ1v) is 4.90. The van der Waals surface area contributed by atoms with Gasteiger partial charge >= 0.3 is 0 Å². The average Bonchev–Trinajstić information content (AvgIpc) is 2.02. The van der Waals surface area contributed by atoms with Crippen molar-refractivity contribution >= 4 is 0 Å². The van der Waals surface area contributed by atoms with Crippen LogP contribution in [0.25, 0.3) is 0 Å². The van der Waals surface area contributed by atoms with Gasteiger partial charge in [-0.25, -0.2) is 0 Å². The molecule has 0 aliphatic heterocycles. The zero-order valence-electron chi connectivity index (χ0n) is 8.91. The van der Waals surface area contributed by atoms with Crippen LogP contribution in [-0.4, -0.2) is 0 Å². The Hall–Kier alpha value is -0.260. The Bertz CT molecular complexity index is 80.0. The molecule has 0 aliphatic rings. The highest BCUT2D eigenvalue weighted by Gasteiger charge is 1.86. The van der Waals surface area contributed by atoms with Crippen LogP contribution in [0.2, 0.25) is 0 Å². The van der Waals surface area contributed by atoms with Crippen LogP contribution in [0.5, 0.6) is 0 Å². The molecule has 0 aromatic carbocycles. The van der Waals surface area contributed by atoms with E-state index in [1.165, 1.54) is 25.7 Å². The van der Waals surface area contributed by atoms with E-state index in [1.54, 1.807) is 5.57 Å². The van der Waals surface area contributed by atoms with Crippen molar-refractivity contribution in [3.8, 4) is 0 Å². The lowest BCUT2D eigenvalue weighted by Gasteiger charge is -1.97. The Balaban J connectivity index is 0. The third kappa shape index (κ3) is 12.8. The maximum Gasteiger partial charge on any atom is -0.0323 e. The molecule has 0 radical (unpaired) electrons. The van der Waals surface area contributed by atoms with E-state index in [9.17, 15) is 0 Å². The van der Waals surface area contributed by atoms with Gasteiger partial charge in [-0.3, -0.25) is 0 Å². The first-order chi connectivity index (χ1) is 5.26. The van der Waals surface area contributed by atoms with E-state index in [0.29, 0.717) is 0 Å². The number of rotatable bonds is 3. The highest BCUT2D eigenvalue weighted by atomic mass is 13.9. The summed E-state index contributed by atoms with van der Waals surface area (Å²) in [5.74, 6) is 0. The molecule has 0 saturated carbocycles. The third-order valence-corrected chi connectivity index (χ3v) is 1.43. The molecule has 0 aromatic heterocycles. The highest BCUT2D eigenvalue weighted by Crippen LogP contribution is 2.07. The van der Waals surface area contributed by atoms with Gasteiger partial charge in [0.15, 0.2) is 0 Å². The van der Waals surface area contributed by atoms with Crippen molar-refractivity contribution in [3.05, 3.63) is 11.6 Å². The van der Waals surface area contributed by atoms with Crippen molar-refractivity contribution in [3.63, 3.8) is 0 Å². The molecule has 11 heavy (non-hydrogen) atoms. The first kappa shape index (κ1) is 13.3. The summed E-state index contributed by atoms with van der Waals surface area (Å²) < 4.78 is 0. The molecular formula is C11H24. The Morgan fingerprint density at radius 1 is 1.09 bits per heavy atom. The van der Waals surface area contributed by atoms with Crippen LogP contribution in [0.1, 0.15) is 60.3 Å². The second-order valence-corrected chi connectivity index (χ2v) is 2.76. The Labute approximate surface area is 72.7 Å². The molecule has 0 nitrogen and oxygen atoms in total. The SMILES string of the molecule is C/C=C(\CC)CCC.CCC. The average molecular weight is 156 g/mol. The number of hydrogen-bond donors (Lipinski definition) is 0. The molecular weight excluding hydrogens is 132 g/mol. The second kappa shape index (κ2) is 12.4. The van der Waals surface area contributed by atoms with Gasteiger partial charge in [0.05, 0.1) is 0 Å². The van der Waals surface area contributed by atoms with E-state index in [2.05, 4.69) is 40.7 Å². The smallest absolute Gasteiger partial charge is 0.0323 e. The van der Waals surface area contributed by atoms with Crippen molar-refractivity contribution in [2.45, 2.75) is 60.3 Å². The lowest BCUT2D eigenvalue weighted by Crippen LogP contribution is -1.76. The molecule has 0 atom stereocenters. The summed E-state index contributed by atoms with van der Waals surface area (Å²) in [5.41, 5.74) is 1.59. The van der Waals surface area contributed by atoms with Gasteiger partial charge in [0.1, 0.15) is 0 Å². The molecule has 68 valence electrons. The quantitative estimate of drug-likeness (QED) is 0.525. The molecule has 0 fully saturated rings. The Morgan fingerprint density at radius 2 is 1.55 bits per heavy atom. The maximum atomic E-state index is 2.23. The third-order valence-electron chi connectivity index (χ3n) is 1.43. The van der Waals surface area contributed by atoms with Crippen molar-refractivity contribution in [2.75, 3.05) is 0 Å². The van der Waals surface area contributed by atoms with E-state index < -0.39 is 0 Å². The largest absolute Gasteiger partial charge is 0.0885 e. The van der Waals surface area contributed by atoms with Crippen LogP contribution in [0.4, 0.5) is 0 Å². The number of hydrogen-bond acceptors (Lipinski definition) is 0. The molecule has 0 saturated heterocycles. The molecule has 0 spiro atoms. The summed E-state index contributed by atoms with van der Waals surface area (Å²) in [6, 6.07) is 0. The van der Waals surface area contributed by atoms with Crippen molar-refractivity contribution in [1.29, 1.82) is 0 Å². The van der Waals surface area contributed by atoms with Gasteiger partial charge in [-0.2, -0.15) is 0 Å². The van der Waals surface area contributed by atoms with Gasteiger partial charge in [-0.15, -0.1) is 0 Å². The molecule has 0 aromatic rings. The predicted molar refractivity (Wildman–Crippen MR) is 54.9 cm³/mol. The Morgan fingerprint density at radius 3 is 1.64 bits per heavy atom. The summed E-state index contributed by atoms with van der Waals surface area (Å²) in [5, 5.41) is 0. The van der Waals surface area contributed by atoms with Gasteiger partial charge in [-0.1, -0.05) is 52.2 Å². The second-order valence-electron chi connectivity index (χ2n) is 2.76. The first-order valence-electron chi connectivity index (χ1n) is 4.90. The van der Waals surface area contributed by atoms with Gasteiger partial charge in [-0.05, 0) is 19.8 Å². The topological polar surface area (TPSA) is 0 Å². The zero-order valence-corrected chi connectivity index (χ0v) is 8.91. The van der Waals surface area contributed by atoms with Crippen LogP contribution in [0, 0.1) is 0 Å². The molecule has 0 heterocycles. The van der Waals surface area contributed by atoms with Gasteiger partial charge < -0.3 is 0 Å². The molecule has 0 unspecified atom stereocenters. The van der Waals surface area contributed by atoms with Crippen molar-refractivity contribution in [2.24, 2.45) is 0 Å². The minimum Gasteiger partial charge on any atom is -0.0885 e. The zero-order chi connectivity index (χ0) is 9.11. The van der Waals surface area contributed by atoms with E-state index in [1.807, 2.05) is 0 Å². The molecule has 0 aliphatic carbocycles. The summed E-state index contributed by atoms with van der Waals surface area (Å²) in [7, 11) is 0. The summed E-state index contributed by atoms with van der Waals surface area (Å²) >= 11 is 0. The summed E-state index contributed by atoms with van der Waals surface area (Å²) in [4.78, 5) is 0. The van der Waals surface area contributed by atoms with E-state index in [-0.39, 0.29) is 0 Å². The fourth-order valence-corrected chi connectivity index (χ4v) is 0.846. The maximum absolute atomic E-state index is 2.23. The van der Waals surface area contributed by atoms with Crippen LogP contribution < -0.4 is 0 Å². The molecule has 0 amide bonds. The van der Waals surface area contributed by atoms with E-state index >= 15 is 0 Å². The van der Waals surface area contributed by atoms with Crippen molar-refractivity contribution < 1.29 is 0 Å². The van der Waals surface area contributed by atoms with E-state index in [0.717, 1.165) is 0 Å². The normalized spacial score (nSPS) is 10.5. The van der Waals surface area contributed by atoms with Gasteiger partial charge in [0.25, 0.3) is 0 Å². The van der Waals surface area contributed by atoms with Crippen LogP contribution in [0.15, 0.2) is 11.6 Å². The fraction of sp³-hybridized carbons (Fsp3) is 0.818. The minimum absolute atomic E-state index is 1.23. The van der Waals surface area contributed by atoms with Crippen LogP contribution in [-0.2, 0) is 0 Å². The molecule has 0 N–H and O–H groups in total. The minimum atomic E-state index is 1.23. The lowest BCUT2D eigenvalue weighted by atomic mass is 10.1. The molecule has 0 bridgehead atoms. The summed E-state index contributed by atoms with van der Waals surface area (Å²) in [6.45, 7) is 10.8. The summed E-state index contributed by atoms with van der Waals surface area (Å²) in [6.07, 6.45) is 7.27. The predicted octanol–water partition coefficient (Wildman–Crippen LogP) is 4.56. The Kier molecular flexibility index (Phi) is 15.1. The fourth-order valence-electron chi connectivity index (χ4n) is 0.846. The number of allylic oxidation sites excluding steroid dienone is 2. The molecule has 0 heteroatoms. The standard InChI is InChI=1S/C8H16.C3H8/c1-4-7-8(5-2)6-3;1-3-2/h5H,4,6-7H2,1-3H3;3H2,1-2H3/b8-5+;. The highest BCUT2D eigenvalue weighted by molar-refractivity contribution is 4.98. The van der Waals surface area contributed by atoms with Crippen LogP contribution >= 0.6 is 0 Å².